The van der Waals surface area contributed by atoms with Crippen molar-refractivity contribution in [1.29, 1.82) is 5.26 Å². The topological polar surface area (TPSA) is 107 Å². The van der Waals surface area contributed by atoms with E-state index >= 15 is 0 Å². The summed E-state index contributed by atoms with van der Waals surface area (Å²) in [7, 11) is -3.83. The number of carbonyl (C=O) groups is 1. The van der Waals surface area contributed by atoms with E-state index < -0.39 is 22.5 Å². The van der Waals surface area contributed by atoms with E-state index in [-0.39, 0.29) is 11.3 Å². The number of carboxylic acid groups (broad SMARTS) is 1. The van der Waals surface area contributed by atoms with Crippen LogP contribution in [0.15, 0.2) is 29.2 Å². The lowest BCUT2D eigenvalue weighted by molar-refractivity contribution is -0.135. The van der Waals surface area contributed by atoms with Gasteiger partial charge in [-0.1, -0.05) is 11.8 Å². The fraction of sp³-hybridized carbons (Fsp3) is 0.167. The highest BCUT2D eigenvalue weighted by atomic mass is 32.2. The van der Waals surface area contributed by atoms with Crippen molar-refractivity contribution < 1.29 is 18.3 Å². The average Bonchev–Trinajstić information content (AvgIpc) is 2.37. The smallest absolute Gasteiger partial charge is 0.318 e. The van der Waals surface area contributed by atoms with Crippen molar-refractivity contribution in [2.24, 2.45) is 0 Å². The Labute approximate surface area is 110 Å². The zero-order valence-corrected chi connectivity index (χ0v) is 10.6. The van der Waals surface area contributed by atoms with Gasteiger partial charge in [0.25, 0.3) is 0 Å². The standard InChI is InChI=1S/C12H10N2O4S/c13-8-2-1-3-10-4-6-11(7-5-10)19(17,18)14-9-12(15)16/h4-7,14H,2,9H2,(H,15,16). The molecule has 0 atom stereocenters. The molecule has 0 fully saturated rings. The van der Waals surface area contributed by atoms with Crippen LogP contribution >= 0.6 is 0 Å². The first-order chi connectivity index (χ1) is 8.95. The van der Waals surface area contributed by atoms with E-state index in [0.29, 0.717) is 5.56 Å². The van der Waals surface area contributed by atoms with E-state index in [4.69, 9.17) is 10.4 Å². The summed E-state index contributed by atoms with van der Waals surface area (Å²) >= 11 is 0. The monoisotopic (exact) mass is 278 g/mol. The van der Waals surface area contributed by atoms with Gasteiger partial charge in [0.05, 0.1) is 17.4 Å². The van der Waals surface area contributed by atoms with Gasteiger partial charge in [-0.25, -0.2) is 8.42 Å². The minimum atomic E-state index is -3.83. The molecule has 0 radical (unpaired) electrons. The third-order valence-electron chi connectivity index (χ3n) is 1.98. The van der Waals surface area contributed by atoms with E-state index in [1.807, 2.05) is 10.8 Å². The molecule has 0 saturated carbocycles. The molecule has 0 saturated heterocycles. The van der Waals surface area contributed by atoms with Gasteiger partial charge in [0.2, 0.25) is 10.0 Å². The summed E-state index contributed by atoms with van der Waals surface area (Å²) in [5, 5.41) is 16.7. The Morgan fingerprint density at radius 2 is 1.95 bits per heavy atom. The molecule has 19 heavy (non-hydrogen) atoms. The summed E-state index contributed by atoms with van der Waals surface area (Å²) in [6.07, 6.45) is 0.0974. The summed E-state index contributed by atoms with van der Waals surface area (Å²) in [5.74, 6) is 4.03. The fourth-order valence-electron chi connectivity index (χ4n) is 1.14. The molecular formula is C12H10N2O4S. The number of sulfonamides is 1. The molecule has 0 aromatic heterocycles. The van der Waals surface area contributed by atoms with Crippen molar-refractivity contribution >= 4 is 16.0 Å². The zero-order valence-electron chi connectivity index (χ0n) is 9.75. The maximum Gasteiger partial charge on any atom is 0.318 e. The van der Waals surface area contributed by atoms with Crippen LogP contribution in [0.4, 0.5) is 0 Å². The fourth-order valence-corrected chi connectivity index (χ4v) is 2.12. The molecule has 6 nitrogen and oxygen atoms in total. The van der Waals surface area contributed by atoms with Gasteiger partial charge in [-0.15, -0.1) is 0 Å². The van der Waals surface area contributed by atoms with Crippen molar-refractivity contribution in [1.82, 2.24) is 4.72 Å². The highest BCUT2D eigenvalue weighted by Gasteiger charge is 2.14. The first kappa shape index (κ1) is 14.7. The molecule has 0 aliphatic rings. The maximum absolute atomic E-state index is 11.7. The average molecular weight is 278 g/mol. The molecule has 1 aromatic rings. The predicted octanol–water partition coefficient (Wildman–Crippen LogP) is 0.315. The lowest BCUT2D eigenvalue weighted by Crippen LogP contribution is -2.29. The minimum absolute atomic E-state index is 0.0421. The summed E-state index contributed by atoms with van der Waals surface area (Å²) in [4.78, 5) is 10.3. The molecule has 0 heterocycles. The Morgan fingerprint density at radius 3 is 2.47 bits per heavy atom. The number of nitrogens with zero attached hydrogens (tertiary/aromatic N) is 1. The SMILES string of the molecule is N#CCC#Cc1ccc(S(=O)(=O)NCC(=O)O)cc1. The largest absolute Gasteiger partial charge is 0.480 e. The van der Waals surface area contributed by atoms with Crippen molar-refractivity contribution in [2.45, 2.75) is 11.3 Å². The van der Waals surface area contributed by atoms with Crippen LogP contribution in [0.25, 0.3) is 0 Å². The Hall–Kier alpha value is -2.35. The summed E-state index contributed by atoms with van der Waals surface area (Å²) in [6, 6.07) is 7.48. The van der Waals surface area contributed by atoms with E-state index in [2.05, 4.69) is 11.8 Å². The molecule has 7 heteroatoms. The van der Waals surface area contributed by atoms with Crippen LogP contribution in [-0.4, -0.2) is 26.0 Å². The van der Waals surface area contributed by atoms with Crippen molar-refractivity contribution in [3.8, 4) is 17.9 Å². The predicted molar refractivity (Wildman–Crippen MR) is 66.4 cm³/mol. The molecular weight excluding hydrogens is 268 g/mol. The van der Waals surface area contributed by atoms with Gasteiger partial charge in [0.15, 0.2) is 0 Å². The Balaban J connectivity index is 2.85. The number of benzene rings is 1. The van der Waals surface area contributed by atoms with Crippen LogP contribution < -0.4 is 4.72 Å². The molecule has 0 aliphatic carbocycles. The summed E-state index contributed by atoms with van der Waals surface area (Å²) < 4.78 is 25.2. The van der Waals surface area contributed by atoms with E-state index in [0.717, 1.165) is 0 Å². The second-order valence-corrected chi connectivity index (χ2v) is 5.15. The second-order valence-electron chi connectivity index (χ2n) is 3.38. The number of hydrogen-bond donors (Lipinski definition) is 2. The normalized spacial score (nSPS) is 10.1. The lowest BCUT2D eigenvalue weighted by Gasteiger charge is -2.04. The zero-order chi connectivity index (χ0) is 14.3. The molecule has 98 valence electrons. The number of hydrogen-bond acceptors (Lipinski definition) is 4. The van der Waals surface area contributed by atoms with Crippen LogP contribution in [0.1, 0.15) is 12.0 Å². The van der Waals surface area contributed by atoms with Crippen LogP contribution in [0.2, 0.25) is 0 Å². The molecule has 1 aromatic carbocycles. The Kier molecular flexibility index (Phi) is 5.07. The summed E-state index contributed by atoms with van der Waals surface area (Å²) in [6.45, 7) is -0.675. The molecule has 0 unspecified atom stereocenters. The van der Waals surface area contributed by atoms with Gasteiger partial charge >= 0.3 is 5.97 Å². The minimum Gasteiger partial charge on any atom is -0.480 e. The van der Waals surface area contributed by atoms with Crippen molar-refractivity contribution in [3.63, 3.8) is 0 Å². The van der Waals surface area contributed by atoms with Crippen LogP contribution in [0, 0.1) is 23.2 Å². The van der Waals surface area contributed by atoms with E-state index in [1.165, 1.54) is 24.3 Å². The third-order valence-corrected chi connectivity index (χ3v) is 3.40. The van der Waals surface area contributed by atoms with E-state index in [9.17, 15) is 13.2 Å². The van der Waals surface area contributed by atoms with Crippen LogP contribution in [0.5, 0.6) is 0 Å². The van der Waals surface area contributed by atoms with Gasteiger partial charge in [0, 0.05) is 5.56 Å². The maximum atomic E-state index is 11.7. The molecule has 2 N–H and O–H groups in total. The van der Waals surface area contributed by atoms with E-state index in [1.54, 1.807) is 0 Å². The van der Waals surface area contributed by atoms with Crippen molar-refractivity contribution in [3.05, 3.63) is 29.8 Å². The molecule has 0 bridgehead atoms. The van der Waals surface area contributed by atoms with Gasteiger partial charge in [-0.3, -0.25) is 4.79 Å². The highest BCUT2D eigenvalue weighted by molar-refractivity contribution is 7.89. The number of carboxylic acids is 1. The second kappa shape index (κ2) is 6.55. The third kappa shape index (κ3) is 4.80. The quantitative estimate of drug-likeness (QED) is 0.771. The van der Waals surface area contributed by atoms with Crippen molar-refractivity contribution in [2.75, 3.05) is 6.54 Å². The summed E-state index contributed by atoms with van der Waals surface area (Å²) in [5.41, 5.74) is 0.576. The molecule has 0 amide bonds. The number of aliphatic carboxylic acids is 1. The number of rotatable bonds is 4. The van der Waals surface area contributed by atoms with Gasteiger partial charge in [0.1, 0.15) is 6.54 Å². The van der Waals surface area contributed by atoms with Crippen LogP contribution in [0.3, 0.4) is 0 Å². The van der Waals surface area contributed by atoms with Gasteiger partial charge in [-0.05, 0) is 24.3 Å². The Morgan fingerprint density at radius 1 is 1.32 bits per heavy atom. The first-order valence-corrected chi connectivity index (χ1v) is 6.61. The Bertz CT molecular complexity index is 660. The van der Waals surface area contributed by atoms with Crippen LogP contribution in [-0.2, 0) is 14.8 Å². The van der Waals surface area contributed by atoms with Gasteiger partial charge < -0.3 is 5.11 Å². The highest BCUT2D eigenvalue weighted by Crippen LogP contribution is 2.09. The molecule has 0 aliphatic heterocycles. The number of nitriles is 1. The number of nitrogens with one attached hydrogen (secondary N) is 1. The first-order valence-electron chi connectivity index (χ1n) is 5.13. The lowest BCUT2D eigenvalue weighted by atomic mass is 10.2. The molecule has 0 spiro atoms. The van der Waals surface area contributed by atoms with Gasteiger partial charge in [-0.2, -0.15) is 9.98 Å². The molecule has 1 rings (SSSR count).